The Morgan fingerprint density at radius 3 is 3.00 bits per heavy atom. The third kappa shape index (κ3) is 2.61. The Bertz CT molecular complexity index is 828. The highest BCUT2D eigenvalue weighted by atomic mass is 16.3. The molecule has 3 heterocycles. The Balaban J connectivity index is 2.14. The van der Waals surface area contributed by atoms with Gasteiger partial charge in [0.25, 0.3) is 0 Å². The summed E-state index contributed by atoms with van der Waals surface area (Å²) in [7, 11) is 0. The van der Waals surface area contributed by atoms with E-state index in [2.05, 4.69) is 20.3 Å². The smallest absolute Gasteiger partial charge is 0.250 e. The number of fused-ring (bicyclic) bond motifs is 1. The predicted molar refractivity (Wildman–Crippen MR) is 83.4 cm³/mol. The maximum atomic E-state index is 11.3. The standard InChI is InChI=1S/C15H15N5O2/c16-14(22)10-5-9(7-17-8-10)12-6-13(18-3-4-21)20-15-11(12)1-2-19-15/h1-2,5-8,21H,3-4H2,(H2,16,22)(H2,18,19,20). The van der Waals surface area contributed by atoms with Crippen molar-refractivity contribution in [3.63, 3.8) is 0 Å². The number of aromatic amines is 1. The zero-order valence-corrected chi connectivity index (χ0v) is 11.7. The van der Waals surface area contributed by atoms with E-state index in [1.165, 1.54) is 6.20 Å². The number of aliphatic hydroxyl groups excluding tert-OH is 1. The molecule has 0 aliphatic carbocycles. The first-order valence-corrected chi connectivity index (χ1v) is 6.77. The number of carbonyl (C=O) groups is 1. The summed E-state index contributed by atoms with van der Waals surface area (Å²) in [6.45, 7) is 0.413. The number of hydrogen-bond acceptors (Lipinski definition) is 5. The summed E-state index contributed by atoms with van der Waals surface area (Å²) in [5, 5.41) is 12.9. The molecule has 0 saturated carbocycles. The fourth-order valence-electron chi connectivity index (χ4n) is 2.27. The van der Waals surface area contributed by atoms with Crippen LogP contribution in [-0.2, 0) is 0 Å². The molecule has 112 valence electrons. The fourth-order valence-corrected chi connectivity index (χ4v) is 2.27. The fraction of sp³-hybridized carbons (Fsp3) is 0.133. The summed E-state index contributed by atoms with van der Waals surface area (Å²) in [5.74, 6) is 0.107. The van der Waals surface area contributed by atoms with Crippen LogP contribution in [0.4, 0.5) is 5.82 Å². The van der Waals surface area contributed by atoms with Crippen LogP contribution in [0.5, 0.6) is 0 Å². The van der Waals surface area contributed by atoms with Gasteiger partial charge in [-0.05, 0) is 23.8 Å². The number of hydrogen-bond donors (Lipinski definition) is 4. The zero-order valence-electron chi connectivity index (χ0n) is 11.7. The van der Waals surface area contributed by atoms with Gasteiger partial charge in [-0.25, -0.2) is 4.98 Å². The third-order valence-electron chi connectivity index (χ3n) is 3.28. The van der Waals surface area contributed by atoms with Gasteiger partial charge in [-0.2, -0.15) is 0 Å². The van der Waals surface area contributed by atoms with Crippen LogP contribution in [0.1, 0.15) is 10.4 Å². The van der Waals surface area contributed by atoms with Crippen LogP contribution in [0.15, 0.2) is 36.8 Å². The van der Waals surface area contributed by atoms with E-state index < -0.39 is 5.91 Å². The van der Waals surface area contributed by atoms with E-state index in [-0.39, 0.29) is 6.61 Å². The molecule has 7 nitrogen and oxygen atoms in total. The molecule has 0 aliphatic heterocycles. The molecule has 22 heavy (non-hydrogen) atoms. The molecule has 5 N–H and O–H groups in total. The van der Waals surface area contributed by atoms with Crippen LogP contribution in [0.25, 0.3) is 22.2 Å². The average Bonchev–Trinajstić information content (AvgIpc) is 3.00. The summed E-state index contributed by atoms with van der Waals surface area (Å²) in [6, 6.07) is 5.46. The molecule has 7 heteroatoms. The molecule has 3 aromatic rings. The van der Waals surface area contributed by atoms with Crippen molar-refractivity contribution in [1.82, 2.24) is 15.0 Å². The van der Waals surface area contributed by atoms with Crippen molar-refractivity contribution < 1.29 is 9.90 Å². The van der Waals surface area contributed by atoms with E-state index in [1.807, 2.05) is 12.1 Å². The molecule has 0 fully saturated rings. The molecule has 0 spiro atoms. The van der Waals surface area contributed by atoms with Crippen molar-refractivity contribution in [3.05, 3.63) is 42.4 Å². The number of amides is 1. The van der Waals surface area contributed by atoms with Crippen molar-refractivity contribution in [2.24, 2.45) is 5.73 Å². The third-order valence-corrected chi connectivity index (χ3v) is 3.28. The minimum atomic E-state index is -0.521. The Hall–Kier alpha value is -2.93. The quantitative estimate of drug-likeness (QED) is 0.563. The summed E-state index contributed by atoms with van der Waals surface area (Å²) in [5.41, 5.74) is 8.02. The van der Waals surface area contributed by atoms with Gasteiger partial charge >= 0.3 is 0 Å². The number of primary amides is 1. The molecule has 3 rings (SSSR count). The van der Waals surface area contributed by atoms with Gasteiger partial charge in [0, 0.05) is 36.1 Å². The van der Waals surface area contributed by atoms with Gasteiger partial charge in [-0.1, -0.05) is 0 Å². The number of carbonyl (C=O) groups excluding carboxylic acids is 1. The van der Waals surface area contributed by atoms with E-state index in [0.717, 1.165) is 16.5 Å². The van der Waals surface area contributed by atoms with Gasteiger partial charge in [0.2, 0.25) is 5.91 Å². The Morgan fingerprint density at radius 2 is 2.23 bits per heavy atom. The minimum Gasteiger partial charge on any atom is -0.395 e. The van der Waals surface area contributed by atoms with Gasteiger partial charge in [0.15, 0.2) is 0 Å². The molecule has 0 unspecified atom stereocenters. The molecule has 3 aromatic heterocycles. The average molecular weight is 297 g/mol. The van der Waals surface area contributed by atoms with Gasteiger partial charge in [-0.15, -0.1) is 0 Å². The second-order valence-corrected chi connectivity index (χ2v) is 4.77. The molecule has 0 saturated heterocycles. The number of rotatable bonds is 5. The monoisotopic (exact) mass is 297 g/mol. The molecule has 0 radical (unpaired) electrons. The van der Waals surface area contributed by atoms with Crippen LogP contribution in [0, 0.1) is 0 Å². The topological polar surface area (TPSA) is 117 Å². The Kier molecular flexibility index (Phi) is 3.71. The summed E-state index contributed by atoms with van der Waals surface area (Å²) in [4.78, 5) is 22.9. The summed E-state index contributed by atoms with van der Waals surface area (Å²) >= 11 is 0. The minimum absolute atomic E-state index is 0.0124. The van der Waals surface area contributed by atoms with E-state index in [9.17, 15) is 4.79 Å². The lowest BCUT2D eigenvalue weighted by Crippen LogP contribution is -2.11. The normalized spacial score (nSPS) is 10.8. The van der Waals surface area contributed by atoms with Crippen molar-refractivity contribution >= 4 is 22.8 Å². The van der Waals surface area contributed by atoms with E-state index >= 15 is 0 Å². The maximum absolute atomic E-state index is 11.3. The lowest BCUT2D eigenvalue weighted by Gasteiger charge is -2.09. The van der Waals surface area contributed by atoms with Crippen LogP contribution in [-0.4, -0.2) is 39.1 Å². The number of nitrogens with one attached hydrogen (secondary N) is 2. The number of aromatic nitrogens is 3. The highest BCUT2D eigenvalue weighted by molar-refractivity contribution is 5.97. The van der Waals surface area contributed by atoms with Crippen molar-refractivity contribution in [2.45, 2.75) is 0 Å². The van der Waals surface area contributed by atoms with Gasteiger partial charge in [0.1, 0.15) is 11.5 Å². The predicted octanol–water partition coefficient (Wildman–Crippen LogP) is 1.13. The number of H-pyrrole nitrogens is 1. The lowest BCUT2D eigenvalue weighted by atomic mass is 10.0. The molecular formula is C15H15N5O2. The number of nitrogens with zero attached hydrogens (tertiary/aromatic N) is 2. The number of pyridine rings is 2. The maximum Gasteiger partial charge on any atom is 0.250 e. The van der Waals surface area contributed by atoms with Crippen LogP contribution < -0.4 is 11.1 Å². The van der Waals surface area contributed by atoms with Crippen molar-refractivity contribution in [3.8, 4) is 11.1 Å². The molecule has 1 amide bonds. The Morgan fingerprint density at radius 1 is 1.36 bits per heavy atom. The molecule has 0 atom stereocenters. The molecular weight excluding hydrogens is 282 g/mol. The summed E-state index contributed by atoms with van der Waals surface area (Å²) in [6.07, 6.45) is 4.90. The van der Waals surface area contributed by atoms with Gasteiger partial charge in [-0.3, -0.25) is 9.78 Å². The van der Waals surface area contributed by atoms with Crippen LogP contribution in [0.2, 0.25) is 0 Å². The zero-order chi connectivity index (χ0) is 15.5. The van der Waals surface area contributed by atoms with Crippen molar-refractivity contribution in [1.29, 1.82) is 0 Å². The van der Waals surface area contributed by atoms with Crippen LogP contribution in [0.3, 0.4) is 0 Å². The SMILES string of the molecule is NC(=O)c1cncc(-c2cc(NCCO)nc3[nH]ccc23)c1. The Labute approximate surface area is 126 Å². The van der Waals surface area contributed by atoms with E-state index in [1.54, 1.807) is 18.5 Å². The number of aliphatic hydroxyl groups is 1. The highest BCUT2D eigenvalue weighted by Gasteiger charge is 2.11. The van der Waals surface area contributed by atoms with Crippen LogP contribution >= 0.6 is 0 Å². The second kappa shape index (κ2) is 5.82. The first-order chi connectivity index (χ1) is 10.7. The molecule has 0 aromatic carbocycles. The summed E-state index contributed by atoms with van der Waals surface area (Å²) < 4.78 is 0. The highest BCUT2D eigenvalue weighted by Crippen LogP contribution is 2.29. The number of anilines is 1. The van der Waals surface area contributed by atoms with Gasteiger partial charge < -0.3 is 21.1 Å². The first kappa shape index (κ1) is 14.0. The lowest BCUT2D eigenvalue weighted by molar-refractivity contribution is 0.1000. The van der Waals surface area contributed by atoms with E-state index in [0.29, 0.717) is 23.6 Å². The van der Waals surface area contributed by atoms with E-state index in [4.69, 9.17) is 10.8 Å². The second-order valence-electron chi connectivity index (χ2n) is 4.77. The van der Waals surface area contributed by atoms with Crippen molar-refractivity contribution in [2.75, 3.05) is 18.5 Å². The first-order valence-electron chi connectivity index (χ1n) is 6.77. The largest absolute Gasteiger partial charge is 0.395 e. The van der Waals surface area contributed by atoms with Gasteiger partial charge in [0.05, 0.1) is 12.2 Å². The molecule has 0 bridgehead atoms. The molecule has 0 aliphatic rings. The number of nitrogens with two attached hydrogens (primary N) is 1.